The summed E-state index contributed by atoms with van der Waals surface area (Å²) in [6.45, 7) is 4.74. The summed E-state index contributed by atoms with van der Waals surface area (Å²) in [5.41, 5.74) is 2.58. The topological polar surface area (TPSA) is 104 Å². The lowest BCUT2D eigenvalue weighted by molar-refractivity contribution is -0.119. The number of ether oxygens (including phenoxy) is 1. The third-order valence-corrected chi connectivity index (χ3v) is 4.13. The van der Waals surface area contributed by atoms with Crippen LogP contribution in [-0.4, -0.2) is 43.0 Å². The third kappa shape index (κ3) is 3.90. The van der Waals surface area contributed by atoms with Crippen LogP contribution in [0, 0.1) is 26.6 Å². The van der Waals surface area contributed by atoms with Gasteiger partial charge in [0.25, 0.3) is 11.7 Å². The molecule has 0 aliphatic rings. The summed E-state index contributed by atoms with van der Waals surface area (Å²) in [5.74, 6) is -1.49. The standard InChI is InChI=1S/C18H19FN6O3/c1-10-16(11(2)24(4)22-10)21-15(26)9-28-18(27)17-20-12(3)25(23-17)14-7-5-13(19)6-8-14/h5-8H,9H2,1-4H3,(H,21,26). The van der Waals surface area contributed by atoms with Gasteiger partial charge in [-0.25, -0.2) is 18.9 Å². The zero-order chi connectivity index (χ0) is 20.4. The van der Waals surface area contributed by atoms with Crippen LogP contribution in [0.2, 0.25) is 0 Å². The number of aryl methyl sites for hydroxylation is 3. The monoisotopic (exact) mass is 386 g/mol. The molecular formula is C18H19FN6O3. The molecule has 0 fully saturated rings. The molecule has 0 spiro atoms. The van der Waals surface area contributed by atoms with Crippen molar-refractivity contribution in [3.05, 3.63) is 53.1 Å². The zero-order valence-electron chi connectivity index (χ0n) is 15.9. The molecular weight excluding hydrogens is 367 g/mol. The molecule has 0 saturated carbocycles. The van der Waals surface area contributed by atoms with Crippen LogP contribution in [0.25, 0.3) is 5.69 Å². The van der Waals surface area contributed by atoms with Crippen LogP contribution >= 0.6 is 0 Å². The number of halogens is 1. The van der Waals surface area contributed by atoms with Gasteiger partial charge >= 0.3 is 5.97 Å². The SMILES string of the molecule is Cc1nn(C)c(C)c1NC(=O)COC(=O)c1nc(C)n(-c2ccc(F)cc2)n1. The van der Waals surface area contributed by atoms with Crippen molar-refractivity contribution in [2.24, 2.45) is 7.05 Å². The molecule has 9 nitrogen and oxygen atoms in total. The molecule has 2 aromatic heterocycles. The van der Waals surface area contributed by atoms with E-state index in [1.807, 2.05) is 6.92 Å². The van der Waals surface area contributed by atoms with Crippen molar-refractivity contribution in [3.63, 3.8) is 0 Å². The maximum absolute atomic E-state index is 13.1. The Kier molecular flexibility index (Phi) is 5.21. The first-order valence-electron chi connectivity index (χ1n) is 8.43. The van der Waals surface area contributed by atoms with Crippen LogP contribution in [-0.2, 0) is 16.6 Å². The molecule has 10 heteroatoms. The number of amides is 1. The summed E-state index contributed by atoms with van der Waals surface area (Å²) >= 11 is 0. The summed E-state index contributed by atoms with van der Waals surface area (Å²) in [7, 11) is 1.77. The maximum Gasteiger partial charge on any atom is 0.378 e. The van der Waals surface area contributed by atoms with Crippen molar-refractivity contribution < 1.29 is 18.7 Å². The summed E-state index contributed by atoms with van der Waals surface area (Å²) in [6.07, 6.45) is 0. The Bertz CT molecular complexity index is 1040. The van der Waals surface area contributed by atoms with Gasteiger partial charge in [0.05, 0.1) is 22.8 Å². The van der Waals surface area contributed by atoms with Crippen LogP contribution in [0.5, 0.6) is 0 Å². The number of nitrogens with one attached hydrogen (secondary N) is 1. The summed E-state index contributed by atoms with van der Waals surface area (Å²) < 4.78 is 21.1. The minimum absolute atomic E-state index is 0.191. The van der Waals surface area contributed by atoms with E-state index < -0.39 is 18.5 Å². The third-order valence-electron chi connectivity index (χ3n) is 4.13. The lowest BCUT2D eigenvalue weighted by Gasteiger charge is -2.06. The summed E-state index contributed by atoms with van der Waals surface area (Å²) in [4.78, 5) is 28.3. The number of rotatable bonds is 5. The first-order chi connectivity index (χ1) is 13.3. The van der Waals surface area contributed by atoms with Gasteiger partial charge in [0, 0.05) is 7.05 Å². The van der Waals surface area contributed by atoms with Crippen LogP contribution in [0.15, 0.2) is 24.3 Å². The Morgan fingerprint density at radius 1 is 1.14 bits per heavy atom. The molecule has 1 amide bonds. The number of anilines is 1. The van der Waals surface area contributed by atoms with E-state index in [4.69, 9.17) is 4.74 Å². The fraction of sp³-hybridized carbons (Fsp3) is 0.278. The minimum atomic E-state index is -0.834. The van der Waals surface area contributed by atoms with Gasteiger partial charge in [-0.05, 0) is 45.0 Å². The van der Waals surface area contributed by atoms with Crippen LogP contribution in [0.1, 0.15) is 27.8 Å². The number of aromatic nitrogens is 5. The average Bonchev–Trinajstić information content (AvgIpc) is 3.15. The summed E-state index contributed by atoms with van der Waals surface area (Å²) in [5, 5.41) is 10.9. The number of carbonyl (C=O) groups excluding carboxylic acids is 2. The van der Waals surface area contributed by atoms with Gasteiger partial charge in [0.2, 0.25) is 0 Å². The van der Waals surface area contributed by atoms with Crippen molar-refractivity contribution >= 4 is 17.6 Å². The van der Waals surface area contributed by atoms with E-state index in [-0.39, 0.29) is 11.6 Å². The van der Waals surface area contributed by atoms with Gasteiger partial charge in [-0.3, -0.25) is 9.48 Å². The number of nitrogens with zero attached hydrogens (tertiary/aromatic N) is 5. The fourth-order valence-corrected chi connectivity index (χ4v) is 2.63. The first-order valence-corrected chi connectivity index (χ1v) is 8.43. The Morgan fingerprint density at radius 2 is 1.82 bits per heavy atom. The Morgan fingerprint density at radius 3 is 2.43 bits per heavy atom. The van der Waals surface area contributed by atoms with Crippen LogP contribution in [0.4, 0.5) is 10.1 Å². The lowest BCUT2D eigenvalue weighted by Crippen LogP contribution is -2.22. The molecule has 28 heavy (non-hydrogen) atoms. The second kappa shape index (κ2) is 7.59. The second-order valence-electron chi connectivity index (χ2n) is 6.16. The van der Waals surface area contributed by atoms with Gasteiger partial charge in [-0.15, -0.1) is 5.10 Å². The van der Waals surface area contributed by atoms with Gasteiger partial charge in [0.1, 0.15) is 11.6 Å². The van der Waals surface area contributed by atoms with E-state index in [9.17, 15) is 14.0 Å². The zero-order valence-corrected chi connectivity index (χ0v) is 15.9. The van der Waals surface area contributed by atoms with E-state index in [1.165, 1.54) is 28.9 Å². The average molecular weight is 386 g/mol. The molecule has 146 valence electrons. The first kappa shape index (κ1) is 19.2. The highest BCUT2D eigenvalue weighted by Gasteiger charge is 2.19. The number of hydrogen-bond acceptors (Lipinski definition) is 6. The van der Waals surface area contributed by atoms with Crippen molar-refractivity contribution in [1.82, 2.24) is 24.5 Å². The number of carbonyl (C=O) groups is 2. The van der Waals surface area contributed by atoms with E-state index in [2.05, 4.69) is 20.5 Å². The Balaban J connectivity index is 1.64. The van der Waals surface area contributed by atoms with Crippen LogP contribution < -0.4 is 5.32 Å². The van der Waals surface area contributed by atoms with Gasteiger partial charge in [0.15, 0.2) is 6.61 Å². The largest absolute Gasteiger partial charge is 0.450 e. The Labute approximate surface area is 160 Å². The molecule has 0 atom stereocenters. The maximum atomic E-state index is 13.1. The number of hydrogen-bond donors (Lipinski definition) is 1. The molecule has 0 aliphatic carbocycles. The highest BCUT2D eigenvalue weighted by Crippen LogP contribution is 2.18. The summed E-state index contributed by atoms with van der Waals surface area (Å²) in [6, 6.07) is 5.58. The predicted molar refractivity (Wildman–Crippen MR) is 97.6 cm³/mol. The van der Waals surface area contributed by atoms with Crippen molar-refractivity contribution in [2.75, 3.05) is 11.9 Å². The molecule has 1 N–H and O–H groups in total. The number of benzene rings is 1. The van der Waals surface area contributed by atoms with Crippen molar-refractivity contribution in [2.45, 2.75) is 20.8 Å². The molecule has 0 aliphatic heterocycles. The molecule has 0 bridgehead atoms. The van der Waals surface area contributed by atoms with Gasteiger partial charge in [-0.2, -0.15) is 5.10 Å². The van der Waals surface area contributed by atoms with Gasteiger partial charge in [-0.1, -0.05) is 0 Å². The molecule has 1 aromatic carbocycles. The van der Waals surface area contributed by atoms with E-state index in [0.717, 1.165) is 5.69 Å². The molecule has 0 saturated heterocycles. The Hall–Kier alpha value is -3.56. The molecule has 0 unspecified atom stereocenters. The van der Waals surface area contributed by atoms with Crippen molar-refractivity contribution in [3.8, 4) is 5.69 Å². The second-order valence-corrected chi connectivity index (χ2v) is 6.16. The van der Waals surface area contributed by atoms with Gasteiger partial charge < -0.3 is 10.1 Å². The molecule has 3 rings (SSSR count). The fourth-order valence-electron chi connectivity index (χ4n) is 2.63. The highest BCUT2D eigenvalue weighted by atomic mass is 19.1. The molecule has 2 heterocycles. The van der Waals surface area contributed by atoms with E-state index in [0.29, 0.717) is 22.9 Å². The smallest absolute Gasteiger partial charge is 0.378 e. The van der Waals surface area contributed by atoms with E-state index >= 15 is 0 Å². The lowest BCUT2D eigenvalue weighted by atomic mass is 10.3. The number of esters is 1. The van der Waals surface area contributed by atoms with Crippen molar-refractivity contribution in [1.29, 1.82) is 0 Å². The quantitative estimate of drug-likeness (QED) is 0.671. The highest BCUT2D eigenvalue weighted by molar-refractivity contribution is 5.95. The molecule has 3 aromatic rings. The molecule has 0 radical (unpaired) electrons. The predicted octanol–water partition coefficient (Wildman–Crippen LogP) is 1.86. The minimum Gasteiger partial charge on any atom is -0.450 e. The van der Waals surface area contributed by atoms with Crippen LogP contribution in [0.3, 0.4) is 0 Å². The normalized spacial score (nSPS) is 10.8. The van der Waals surface area contributed by atoms with E-state index in [1.54, 1.807) is 25.6 Å².